The van der Waals surface area contributed by atoms with Crippen molar-refractivity contribution in [2.45, 2.75) is 13.8 Å². The Bertz CT molecular complexity index is 1200. The highest BCUT2D eigenvalue weighted by molar-refractivity contribution is 5.90. The number of hydrogen-bond acceptors (Lipinski definition) is 6. The van der Waals surface area contributed by atoms with Gasteiger partial charge < -0.3 is 13.9 Å². The number of hydrogen-bond donors (Lipinski definition) is 0. The van der Waals surface area contributed by atoms with Crippen LogP contribution in [0.5, 0.6) is 11.5 Å². The normalized spacial score (nSPS) is 10.4. The van der Waals surface area contributed by atoms with E-state index >= 15 is 0 Å². The first-order chi connectivity index (χ1) is 13.7. The van der Waals surface area contributed by atoms with Gasteiger partial charge in [0.05, 0.1) is 5.56 Å². The molecular weight excluding hydrogens is 372 g/mol. The fourth-order valence-corrected chi connectivity index (χ4v) is 2.46. The molecule has 1 heterocycles. The Labute approximate surface area is 166 Å². The van der Waals surface area contributed by atoms with Crippen molar-refractivity contribution >= 4 is 22.9 Å². The van der Waals surface area contributed by atoms with Gasteiger partial charge in [-0.1, -0.05) is 25.3 Å². The molecule has 0 aliphatic heterocycles. The van der Waals surface area contributed by atoms with Crippen molar-refractivity contribution in [2.24, 2.45) is 0 Å². The van der Waals surface area contributed by atoms with Gasteiger partial charge in [0.1, 0.15) is 17.1 Å². The van der Waals surface area contributed by atoms with Crippen LogP contribution in [0, 0.1) is 0 Å². The van der Waals surface area contributed by atoms with Crippen LogP contribution in [-0.4, -0.2) is 11.9 Å². The van der Waals surface area contributed by atoms with Gasteiger partial charge in [0, 0.05) is 16.5 Å². The van der Waals surface area contributed by atoms with E-state index in [1.54, 1.807) is 56.3 Å². The fourth-order valence-electron chi connectivity index (χ4n) is 2.46. The average Bonchev–Trinajstić information content (AvgIpc) is 2.68. The topological polar surface area (TPSA) is 82.8 Å². The van der Waals surface area contributed by atoms with Crippen LogP contribution >= 0.6 is 0 Å². The smallest absolute Gasteiger partial charge is 0.344 e. The Balaban J connectivity index is 1.94. The van der Waals surface area contributed by atoms with E-state index in [0.29, 0.717) is 33.6 Å². The van der Waals surface area contributed by atoms with E-state index in [9.17, 15) is 14.4 Å². The summed E-state index contributed by atoms with van der Waals surface area (Å²) in [7, 11) is 0. The lowest BCUT2D eigenvalue weighted by Crippen LogP contribution is -2.08. The van der Waals surface area contributed by atoms with Crippen LogP contribution in [-0.2, 0) is 9.59 Å². The minimum absolute atomic E-state index is 0.276. The standard InChI is InChI=1S/C23H18O6/c1-13(2)21(24)27-17-7-5-15(6-8-17)19-12-16-11-18(28-22(25)14(3)4)9-10-20(16)29-23(19)26/h5-12H,1,3H2,2,4H3. The highest BCUT2D eigenvalue weighted by Crippen LogP contribution is 2.26. The number of fused-ring (bicyclic) bond motifs is 1. The molecule has 2 aromatic carbocycles. The number of ether oxygens (including phenoxy) is 2. The summed E-state index contributed by atoms with van der Waals surface area (Å²) >= 11 is 0. The Morgan fingerprint density at radius 1 is 0.828 bits per heavy atom. The van der Waals surface area contributed by atoms with Crippen LogP contribution in [0.25, 0.3) is 22.1 Å². The van der Waals surface area contributed by atoms with Crippen LogP contribution < -0.4 is 15.1 Å². The zero-order chi connectivity index (χ0) is 21.1. The maximum Gasteiger partial charge on any atom is 0.344 e. The molecule has 6 nitrogen and oxygen atoms in total. The highest BCUT2D eigenvalue weighted by atomic mass is 16.5. The zero-order valence-electron chi connectivity index (χ0n) is 16.0. The summed E-state index contributed by atoms with van der Waals surface area (Å²) in [6.45, 7) is 10.2. The van der Waals surface area contributed by atoms with Crippen molar-refractivity contribution < 1.29 is 23.5 Å². The van der Waals surface area contributed by atoms with Gasteiger partial charge in [-0.3, -0.25) is 0 Å². The van der Waals surface area contributed by atoms with Crippen molar-refractivity contribution in [1.29, 1.82) is 0 Å². The maximum atomic E-state index is 12.4. The molecule has 6 heteroatoms. The summed E-state index contributed by atoms with van der Waals surface area (Å²) in [6, 6.07) is 12.8. The van der Waals surface area contributed by atoms with Gasteiger partial charge >= 0.3 is 17.6 Å². The molecule has 0 atom stereocenters. The third kappa shape index (κ3) is 4.50. The Morgan fingerprint density at radius 3 is 1.97 bits per heavy atom. The molecule has 3 rings (SSSR count). The van der Waals surface area contributed by atoms with E-state index in [4.69, 9.17) is 13.9 Å². The van der Waals surface area contributed by atoms with E-state index in [0.717, 1.165) is 0 Å². The molecular formula is C23H18O6. The summed E-state index contributed by atoms with van der Waals surface area (Å²) < 4.78 is 15.7. The average molecular weight is 390 g/mol. The fraction of sp³-hybridized carbons (Fsp3) is 0.0870. The van der Waals surface area contributed by atoms with E-state index in [1.807, 2.05) is 0 Å². The van der Waals surface area contributed by atoms with Crippen LogP contribution in [0.1, 0.15) is 13.8 Å². The monoisotopic (exact) mass is 390 g/mol. The van der Waals surface area contributed by atoms with E-state index in [1.165, 1.54) is 6.07 Å². The number of carbonyl (C=O) groups excluding carboxylic acids is 2. The van der Waals surface area contributed by atoms with E-state index < -0.39 is 17.6 Å². The van der Waals surface area contributed by atoms with Crippen molar-refractivity contribution in [3.05, 3.63) is 83.3 Å². The summed E-state index contributed by atoms with van der Waals surface area (Å²) in [5.41, 5.74) is 1.31. The van der Waals surface area contributed by atoms with Crippen molar-refractivity contribution in [3.63, 3.8) is 0 Å². The Kier molecular flexibility index (Phi) is 5.45. The van der Waals surface area contributed by atoms with E-state index in [-0.39, 0.29) is 11.1 Å². The molecule has 0 spiro atoms. The van der Waals surface area contributed by atoms with Crippen LogP contribution in [0.2, 0.25) is 0 Å². The predicted molar refractivity (Wildman–Crippen MR) is 109 cm³/mol. The summed E-state index contributed by atoms with van der Waals surface area (Å²) in [6.07, 6.45) is 0. The molecule has 146 valence electrons. The number of carbonyl (C=O) groups is 2. The summed E-state index contributed by atoms with van der Waals surface area (Å²) in [5, 5.41) is 0.587. The third-order valence-corrected chi connectivity index (χ3v) is 3.99. The maximum absolute atomic E-state index is 12.4. The third-order valence-electron chi connectivity index (χ3n) is 3.99. The molecule has 0 unspecified atom stereocenters. The molecule has 0 fully saturated rings. The lowest BCUT2D eigenvalue weighted by molar-refractivity contribution is -0.130. The van der Waals surface area contributed by atoms with Gasteiger partial charge in [0.15, 0.2) is 0 Å². The van der Waals surface area contributed by atoms with Crippen LogP contribution in [0.15, 0.2) is 82.0 Å². The summed E-state index contributed by atoms with van der Waals surface area (Å²) in [5.74, 6) is -0.421. The minimum atomic E-state index is -0.540. The number of rotatable bonds is 5. The van der Waals surface area contributed by atoms with Gasteiger partial charge in [0.25, 0.3) is 0 Å². The van der Waals surface area contributed by atoms with Crippen molar-refractivity contribution in [3.8, 4) is 22.6 Å². The first kappa shape index (κ1) is 19.8. The van der Waals surface area contributed by atoms with Gasteiger partial charge in [0.2, 0.25) is 0 Å². The largest absolute Gasteiger partial charge is 0.423 e. The molecule has 0 radical (unpaired) electrons. The lowest BCUT2D eigenvalue weighted by atomic mass is 10.1. The minimum Gasteiger partial charge on any atom is -0.423 e. The van der Waals surface area contributed by atoms with Crippen LogP contribution in [0.4, 0.5) is 0 Å². The number of esters is 2. The molecule has 0 aliphatic rings. The SMILES string of the molecule is C=C(C)C(=O)Oc1ccc(-c2cc3cc(OC(=O)C(=C)C)ccc3oc2=O)cc1. The molecule has 0 N–H and O–H groups in total. The lowest BCUT2D eigenvalue weighted by Gasteiger charge is -2.07. The quantitative estimate of drug-likeness (QED) is 0.278. The first-order valence-electron chi connectivity index (χ1n) is 8.68. The van der Waals surface area contributed by atoms with Gasteiger partial charge in [-0.25, -0.2) is 14.4 Å². The van der Waals surface area contributed by atoms with Crippen molar-refractivity contribution in [1.82, 2.24) is 0 Å². The molecule has 0 bridgehead atoms. The Hall–Kier alpha value is -3.93. The van der Waals surface area contributed by atoms with Gasteiger partial charge in [-0.05, 0) is 55.8 Å². The first-order valence-corrected chi connectivity index (χ1v) is 8.68. The van der Waals surface area contributed by atoms with Crippen molar-refractivity contribution in [2.75, 3.05) is 0 Å². The van der Waals surface area contributed by atoms with Gasteiger partial charge in [-0.15, -0.1) is 0 Å². The van der Waals surface area contributed by atoms with Gasteiger partial charge in [-0.2, -0.15) is 0 Å². The second-order valence-corrected chi connectivity index (χ2v) is 6.51. The molecule has 0 saturated carbocycles. The predicted octanol–water partition coefficient (Wildman–Crippen LogP) is 4.42. The molecule has 0 aliphatic carbocycles. The Morgan fingerprint density at radius 2 is 1.38 bits per heavy atom. The molecule has 1 aromatic heterocycles. The summed E-state index contributed by atoms with van der Waals surface area (Å²) in [4.78, 5) is 35.7. The molecule has 0 amide bonds. The second-order valence-electron chi connectivity index (χ2n) is 6.51. The molecule has 0 saturated heterocycles. The van der Waals surface area contributed by atoms with Crippen LogP contribution in [0.3, 0.4) is 0 Å². The van der Waals surface area contributed by atoms with E-state index in [2.05, 4.69) is 13.2 Å². The highest BCUT2D eigenvalue weighted by Gasteiger charge is 2.12. The molecule has 3 aromatic rings. The molecule has 29 heavy (non-hydrogen) atoms. The number of benzene rings is 2. The zero-order valence-corrected chi connectivity index (χ0v) is 16.0. The second kappa shape index (κ2) is 7.98.